The molecule has 0 aliphatic heterocycles. The molecule has 1 aromatic rings. The van der Waals surface area contributed by atoms with Crippen molar-refractivity contribution in [2.75, 3.05) is 0 Å². The van der Waals surface area contributed by atoms with Crippen LogP contribution in [0.1, 0.15) is 12.5 Å². The maximum Gasteiger partial charge on any atom is 0.469 e. The molecule has 2 atom stereocenters. The second kappa shape index (κ2) is 8.80. The summed E-state index contributed by atoms with van der Waals surface area (Å²) in [6, 6.07) is 7.68. The fourth-order valence-corrected chi connectivity index (χ4v) is 1.26. The summed E-state index contributed by atoms with van der Waals surface area (Å²) in [7, 11) is -4.33. The number of rotatable bonds is 5. The molecule has 8 nitrogen and oxygen atoms in total. The van der Waals surface area contributed by atoms with Gasteiger partial charge in [0.1, 0.15) is 6.04 Å². The number of nitrogens with two attached hydrogens (primary N) is 1. The molecule has 0 aliphatic carbocycles. The van der Waals surface area contributed by atoms with Crippen LogP contribution in [-0.4, -0.2) is 38.1 Å². The number of carbonyl (C=O) groups is 1. The first-order valence-corrected chi connectivity index (χ1v) is 7.07. The highest BCUT2D eigenvalue weighted by Crippen LogP contribution is 2.36. The molecule has 0 spiro atoms. The molecule has 1 rings (SSSR count). The van der Waals surface area contributed by atoms with Gasteiger partial charge in [-0.15, -0.1) is 0 Å². The van der Waals surface area contributed by atoms with Crippen molar-refractivity contribution in [3.63, 3.8) is 0 Å². The number of aliphatic hydroxyl groups is 1. The number of carboxylic acid groups (broad SMARTS) is 1. The summed E-state index contributed by atoms with van der Waals surface area (Å²) in [6.45, 7) is 1.27. The normalized spacial score (nSPS) is 13.8. The molecule has 0 bridgehead atoms. The van der Waals surface area contributed by atoms with Gasteiger partial charge in [-0.1, -0.05) is 30.3 Å². The van der Waals surface area contributed by atoms with E-state index in [0.717, 1.165) is 5.56 Å². The summed E-state index contributed by atoms with van der Waals surface area (Å²) in [4.78, 5) is 26.6. The van der Waals surface area contributed by atoms with Crippen molar-refractivity contribution in [3.05, 3.63) is 35.9 Å². The lowest BCUT2D eigenvalue weighted by atomic mass is 10.2. The lowest BCUT2D eigenvalue weighted by Gasteiger charge is -2.06. The van der Waals surface area contributed by atoms with Crippen LogP contribution >= 0.6 is 7.82 Å². The minimum atomic E-state index is -4.33. The van der Waals surface area contributed by atoms with Gasteiger partial charge in [-0.05, 0) is 12.5 Å². The molecule has 9 heteroatoms. The van der Waals surface area contributed by atoms with Crippen molar-refractivity contribution < 1.29 is 33.9 Å². The van der Waals surface area contributed by atoms with E-state index in [2.05, 4.69) is 4.52 Å². The molecule has 0 aromatic heterocycles. The molecule has 1 aromatic carbocycles. The number of phosphoric ester groups is 1. The first kappa shape index (κ1) is 18.7. The van der Waals surface area contributed by atoms with Crippen molar-refractivity contribution >= 4 is 13.8 Å². The van der Waals surface area contributed by atoms with Crippen molar-refractivity contribution in [3.8, 4) is 0 Å². The van der Waals surface area contributed by atoms with Gasteiger partial charge in [-0.25, -0.2) is 4.57 Å². The molecule has 0 aliphatic rings. The lowest BCUT2D eigenvalue weighted by Crippen LogP contribution is -2.39. The van der Waals surface area contributed by atoms with Crippen molar-refractivity contribution in [1.29, 1.82) is 0 Å². The molecule has 20 heavy (non-hydrogen) atoms. The second-order valence-corrected chi connectivity index (χ2v) is 5.09. The Hall–Kier alpha value is -1.28. The molecule has 0 amide bonds. The smallest absolute Gasteiger partial charge is 0.469 e. The number of carboxylic acids is 1. The van der Waals surface area contributed by atoms with Crippen LogP contribution in [0.4, 0.5) is 0 Å². The van der Waals surface area contributed by atoms with E-state index < -0.39 is 25.9 Å². The van der Waals surface area contributed by atoms with Crippen LogP contribution in [0.3, 0.4) is 0 Å². The summed E-state index contributed by atoms with van der Waals surface area (Å²) in [6.07, 6.45) is -0.979. The SMILES string of the molecule is CC(O)C(N)C(=O)O.O=P(O)(O)OCc1ccccc1. The van der Waals surface area contributed by atoms with Gasteiger partial charge < -0.3 is 25.7 Å². The standard InChI is InChI=1S/C7H9O4P.C4H9NO3/c8-12(9,10)11-6-7-4-2-1-3-5-7;1-2(6)3(5)4(7)8/h1-5H,6H2,(H2,8,9,10);2-3,6H,5H2,1H3,(H,7,8). The Labute approximate surface area is 116 Å². The van der Waals surface area contributed by atoms with Crippen LogP contribution in [-0.2, 0) is 20.5 Å². The Morgan fingerprint density at radius 3 is 2.15 bits per heavy atom. The zero-order valence-electron chi connectivity index (χ0n) is 10.8. The van der Waals surface area contributed by atoms with Crippen LogP contribution in [0, 0.1) is 0 Å². The summed E-state index contributed by atoms with van der Waals surface area (Å²) < 4.78 is 14.6. The molecule has 0 saturated carbocycles. The fourth-order valence-electron chi connectivity index (χ4n) is 0.939. The number of hydrogen-bond acceptors (Lipinski definition) is 5. The number of aliphatic carboxylic acids is 1. The van der Waals surface area contributed by atoms with Crippen molar-refractivity contribution in [2.24, 2.45) is 5.73 Å². The molecule has 0 heterocycles. The third kappa shape index (κ3) is 9.62. The highest BCUT2D eigenvalue weighted by atomic mass is 31.2. The molecule has 2 unspecified atom stereocenters. The van der Waals surface area contributed by atoms with E-state index in [1.165, 1.54) is 6.92 Å². The van der Waals surface area contributed by atoms with Gasteiger partial charge in [-0.3, -0.25) is 9.32 Å². The third-order valence-electron chi connectivity index (χ3n) is 2.05. The average Bonchev–Trinajstić information content (AvgIpc) is 2.36. The van der Waals surface area contributed by atoms with E-state index >= 15 is 0 Å². The summed E-state index contributed by atoms with van der Waals surface area (Å²) in [5, 5.41) is 16.6. The van der Waals surface area contributed by atoms with Crippen molar-refractivity contribution in [1.82, 2.24) is 0 Å². The van der Waals surface area contributed by atoms with E-state index in [9.17, 15) is 9.36 Å². The van der Waals surface area contributed by atoms with Crippen molar-refractivity contribution in [2.45, 2.75) is 25.7 Å². The summed E-state index contributed by atoms with van der Waals surface area (Å²) in [5.41, 5.74) is 5.65. The van der Waals surface area contributed by atoms with E-state index in [1.54, 1.807) is 24.3 Å². The molecule has 0 radical (unpaired) electrons. The minimum absolute atomic E-state index is 0.0644. The molecule has 114 valence electrons. The maximum absolute atomic E-state index is 10.3. The number of aliphatic hydroxyl groups excluding tert-OH is 1. The predicted molar refractivity (Wildman–Crippen MR) is 70.6 cm³/mol. The zero-order chi connectivity index (χ0) is 15.8. The molecule has 6 N–H and O–H groups in total. The summed E-state index contributed by atoms with van der Waals surface area (Å²) >= 11 is 0. The zero-order valence-corrected chi connectivity index (χ0v) is 11.7. The fraction of sp³-hybridized carbons (Fsp3) is 0.364. The largest absolute Gasteiger partial charge is 0.480 e. The van der Waals surface area contributed by atoms with E-state index in [0.29, 0.717) is 0 Å². The van der Waals surface area contributed by atoms with Crippen LogP contribution < -0.4 is 5.73 Å². The highest BCUT2D eigenvalue weighted by Gasteiger charge is 2.16. The van der Waals surface area contributed by atoms with Crippen LogP contribution in [0.2, 0.25) is 0 Å². The van der Waals surface area contributed by atoms with E-state index in [4.69, 9.17) is 25.7 Å². The number of phosphoric acid groups is 1. The first-order chi connectivity index (χ1) is 9.13. The van der Waals surface area contributed by atoms with Gasteiger partial charge in [0.05, 0.1) is 12.7 Å². The maximum atomic E-state index is 10.3. The van der Waals surface area contributed by atoms with Crippen LogP contribution in [0.25, 0.3) is 0 Å². The quantitative estimate of drug-likeness (QED) is 0.480. The Morgan fingerprint density at radius 2 is 1.85 bits per heavy atom. The van der Waals surface area contributed by atoms with Crippen LogP contribution in [0.5, 0.6) is 0 Å². The molecular formula is C11H18NO7P. The molecule has 0 saturated heterocycles. The number of benzene rings is 1. The minimum Gasteiger partial charge on any atom is -0.480 e. The Morgan fingerprint density at radius 1 is 1.35 bits per heavy atom. The van der Waals surface area contributed by atoms with Gasteiger partial charge >= 0.3 is 13.8 Å². The van der Waals surface area contributed by atoms with Gasteiger partial charge in [0, 0.05) is 0 Å². The predicted octanol–water partition coefficient (Wildman–Crippen LogP) is 0.0750. The van der Waals surface area contributed by atoms with E-state index in [-0.39, 0.29) is 6.61 Å². The van der Waals surface area contributed by atoms with Gasteiger partial charge in [0.25, 0.3) is 0 Å². The second-order valence-electron chi connectivity index (χ2n) is 3.85. The Bertz CT molecular complexity index is 445. The average molecular weight is 307 g/mol. The van der Waals surface area contributed by atoms with Gasteiger partial charge in [0.2, 0.25) is 0 Å². The highest BCUT2D eigenvalue weighted by molar-refractivity contribution is 7.46. The van der Waals surface area contributed by atoms with Crippen LogP contribution in [0.15, 0.2) is 30.3 Å². The monoisotopic (exact) mass is 307 g/mol. The summed E-state index contributed by atoms with van der Waals surface area (Å²) in [5.74, 6) is -1.18. The van der Waals surface area contributed by atoms with E-state index in [1.807, 2.05) is 6.07 Å². The van der Waals surface area contributed by atoms with Gasteiger partial charge in [-0.2, -0.15) is 0 Å². The number of hydrogen-bond donors (Lipinski definition) is 5. The van der Waals surface area contributed by atoms with Gasteiger partial charge in [0.15, 0.2) is 0 Å². The Balaban J connectivity index is 0.000000396. The molecule has 0 fully saturated rings. The third-order valence-corrected chi connectivity index (χ3v) is 2.51. The Kier molecular flexibility index (Phi) is 8.24. The lowest BCUT2D eigenvalue weighted by molar-refractivity contribution is -0.140. The molecular weight excluding hydrogens is 289 g/mol. The first-order valence-electron chi connectivity index (χ1n) is 5.54. The topological polar surface area (TPSA) is 150 Å².